The maximum absolute atomic E-state index is 11.2. The van der Waals surface area contributed by atoms with Crippen LogP contribution in [0.2, 0.25) is 0 Å². The van der Waals surface area contributed by atoms with Crippen LogP contribution in [0.25, 0.3) is 0 Å². The number of aliphatic hydroxyl groups is 1. The molecule has 1 rings (SSSR count). The van der Waals surface area contributed by atoms with Gasteiger partial charge in [0.1, 0.15) is 0 Å². The second kappa shape index (κ2) is 7.13. The number of rotatable bonds is 7. The van der Waals surface area contributed by atoms with Gasteiger partial charge < -0.3 is 14.9 Å². The van der Waals surface area contributed by atoms with Crippen LogP contribution >= 0.6 is 0 Å². The van der Waals surface area contributed by atoms with Crippen molar-refractivity contribution in [3.63, 3.8) is 0 Å². The summed E-state index contributed by atoms with van der Waals surface area (Å²) in [6.07, 6.45) is -0.102. The molecule has 0 radical (unpaired) electrons. The minimum atomic E-state index is -0.884. The van der Waals surface area contributed by atoms with Gasteiger partial charge in [-0.15, -0.1) is 0 Å². The van der Waals surface area contributed by atoms with Gasteiger partial charge in [-0.3, -0.25) is 4.79 Å². The highest BCUT2D eigenvalue weighted by Crippen LogP contribution is 2.16. The number of aliphatic hydroxyl groups excluding tert-OH is 1. The summed E-state index contributed by atoms with van der Waals surface area (Å²) >= 11 is 0. The number of aryl methyl sites for hydroxylation is 1. The molecule has 2 N–H and O–H groups in total. The van der Waals surface area contributed by atoms with E-state index in [-0.39, 0.29) is 13.0 Å². The number of carbonyl (C=O) groups is 1. The minimum Gasteiger partial charge on any atom is -0.481 e. The van der Waals surface area contributed by atoms with Crippen molar-refractivity contribution in [1.82, 2.24) is 0 Å². The lowest BCUT2D eigenvalue weighted by Crippen LogP contribution is -2.25. The molecule has 1 aromatic rings. The maximum atomic E-state index is 11.2. The second-order valence-corrected chi connectivity index (χ2v) is 4.57. The van der Waals surface area contributed by atoms with Crippen molar-refractivity contribution in [2.24, 2.45) is 5.92 Å². The molecule has 0 aromatic heterocycles. The Kier molecular flexibility index (Phi) is 5.82. The molecule has 4 heteroatoms. The molecule has 100 valence electrons. The molecule has 0 fully saturated rings. The number of benzene rings is 1. The van der Waals surface area contributed by atoms with Crippen molar-refractivity contribution in [2.45, 2.75) is 25.9 Å². The highest BCUT2D eigenvalue weighted by Gasteiger charge is 2.21. The standard InChI is InChI=1S/C14H20O4/c1-10-3-5-11(6-4-10)7-12(14(16)17)8-13(15)9-18-2/h3-6,12-13,15H,7-9H2,1-2H3,(H,16,17). The van der Waals surface area contributed by atoms with Crippen LogP contribution in [-0.4, -0.2) is 36.0 Å². The topological polar surface area (TPSA) is 66.8 Å². The van der Waals surface area contributed by atoms with E-state index in [0.717, 1.165) is 11.1 Å². The number of hydrogen-bond acceptors (Lipinski definition) is 3. The van der Waals surface area contributed by atoms with Crippen molar-refractivity contribution in [1.29, 1.82) is 0 Å². The molecule has 18 heavy (non-hydrogen) atoms. The zero-order valence-corrected chi connectivity index (χ0v) is 10.8. The van der Waals surface area contributed by atoms with Crippen molar-refractivity contribution in [2.75, 3.05) is 13.7 Å². The largest absolute Gasteiger partial charge is 0.481 e. The molecule has 2 unspecified atom stereocenters. The zero-order valence-electron chi connectivity index (χ0n) is 10.8. The second-order valence-electron chi connectivity index (χ2n) is 4.57. The van der Waals surface area contributed by atoms with E-state index in [1.54, 1.807) is 0 Å². The van der Waals surface area contributed by atoms with Crippen LogP contribution in [-0.2, 0) is 16.0 Å². The first kappa shape index (κ1) is 14.7. The summed E-state index contributed by atoms with van der Waals surface area (Å²) < 4.78 is 4.81. The average molecular weight is 252 g/mol. The summed E-state index contributed by atoms with van der Waals surface area (Å²) in [4.78, 5) is 11.2. The number of hydrogen-bond donors (Lipinski definition) is 2. The van der Waals surface area contributed by atoms with Crippen LogP contribution in [0.4, 0.5) is 0 Å². The zero-order chi connectivity index (χ0) is 13.5. The number of ether oxygens (including phenoxy) is 1. The first-order chi connectivity index (χ1) is 8.52. The van der Waals surface area contributed by atoms with Gasteiger partial charge in [0.25, 0.3) is 0 Å². The lowest BCUT2D eigenvalue weighted by Gasteiger charge is -2.16. The molecule has 0 saturated heterocycles. The van der Waals surface area contributed by atoms with Gasteiger partial charge in [0, 0.05) is 7.11 Å². The first-order valence-electron chi connectivity index (χ1n) is 5.98. The monoisotopic (exact) mass is 252 g/mol. The first-order valence-corrected chi connectivity index (χ1v) is 5.98. The summed E-state index contributed by atoms with van der Waals surface area (Å²) in [5.41, 5.74) is 2.11. The molecule has 0 aliphatic heterocycles. The molecular weight excluding hydrogens is 232 g/mol. The summed E-state index contributed by atoms with van der Waals surface area (Å²) in [7, 11) is 1.49. The Hall–Kier alpha value is -1.39. The quantitative estimate of drug-likeness (QED) is 0.774. The van der Waals surface area contributed by atoms with Gasteiger partial charge in [-0.25, -0.2) is 0 Å². The molecule has 1 aromatic carbocycles. The van der Waals surface area contributed by atoms with Gasteiger partial charge >= 0.3 is 5.97 Å². The molecule has 0 saturated carbocycles. The van der Waals surface area contributed by atoms with Crippen LogP contribution in [0, 0.1) is 12.8 Å². The van der Waals surface area contributed by atoms with Crippen LogP contribution < -0.4 is 0 Å². The Morgan fingerprint density at radius 1 is 1.33 bits per heavy atom. The van der Waals surface area contributed by atoms with Gasteiger partial charge in [0.15, 0.2) is 0 Å². The molecule has 0 bridgehead atoms. The summed E-state index contributed by atoms with van der Waals surface area (Å²) in [6.45, 7) is 2.15. The Balaban J connectivity index is 2.62. The SMILES string of the molecule is COCC(O)CC(Cc1ccc(C)cc1)C(=O)O. The molecule has 0 aliphatic rings. The van der Waals surface area contributed by atoms with Crippen molar-refractivity contribution in [3.05, 3.63) is 35.4 Å². The fourth-order valence-corrected chi connectivity index (χ4v) is 1.87. The molecular formula is C14H20O4. The average Bonchev–Trinajstić information content (AvgIpc) is 2.31. The van der Waals surface area contributed by atoms with Crippen LogP contribution in [0.3, 0.4) is 0 Å². The van der Waals surface area contributed by atoms with E-state index in [2.05, 4.69) is 0 Å². The predicted molar refractivity (Wildman–Crippen MR) is 68.5 cm³/mol. The fourth-order valence-electron chi connectivity index (χ4n) is 1.87. The predicted octanol–water partition coefficient (Wildman–Crippen LogP) is 1.64. The number of aliphatic carboxylic acids is 1. The van der Waals surface area contributed by atoms with Crippen molar-refractivity contribution in [3.8, 4) is 0 Å². The number of methoxy groups -OCH3 is 1. The van der Waals surface area contributed by atoms with Crippen molar-refractivity contribution >= 4 is 5.97 Å². The number of carboxylic acid groups (broad SMARTS) is 1. The molecule has 4 nitrogen and oxygen atoms in total. The highest BCUT2D eigenvalue weighted by atomic mass is 16.5. The molecule has 0 amide bonds. The van der Waals surface area contributed by atoms with Crippen LogP contribution in [0.15, 0.2) is 24.3 Å². The third-order valence-corrected chi connectivity index (χ3v) is 2.87. The van der Waals surface area contributed by atoms with E-state index in [0.29, 0.717) is 6.42 Å². The van der Waals surface area contributed by atoms with E-state index in [1.807, 2.05) is 31.2 Å². The lowest BCUT2D eigenvalue weighted by atomic mass is 9.93. The molecule has 2 atom stereocenters. The van der Waals surface area contributed by atoms with Crippen LogP contribution in [0.1, 0.15) is 17.5 Å². The van der Waals surface area contributed by atoms with Gasteiger partial charge in [0.2, 0.25) is 0 Å². The van der Waals surface area contributed by atoms with Crippen molar-refractivity contribution < 1.29 is 19.7 Å². The van der Waals surface area contributed by atoms with E-state index < -0.39 is 18.0 Å². The van der Waals surface area contributed by atoms with Crippen LogP contribution in [0.5, 0.6) is 0 Å². The number of carboxylic acids is 1. The van der Waals surface area contributed by atoms with E-state index in [1.165, 1.54) is 7.11 Å². The third-order valence-electron chi connectivity index (χ3n) is 2.87. The van der Waals surface area contributed by atoms with E-state index >= 15 is 0 Å². The Morgan fingerprint density at radius 3 is 2.44 bits per heavy atom. The Labute approximate surface area is 107 Å². The summed E-state index contributed by atoms with van der Waals surface area (Å²) in [5, 5.41) is 18.8. The van der Waals surface area contributed by atoms with Gasteiger partial charge in [-0.05, 0) is 25.3 Å². The van der Waals surface area contributed by atoms with Gasteiger partial charge in [-0.1, -0.05) is 29.8 Å². The Bertz CT molecular complexity index is 372. The third kappa shape index (κ3) is 4.85. The normalized spacial score (nSPS) is 14.2. The summed E-state index contributed by atoms with van der Waals surface area (Å²) in [6, 6.07) is 7.77. The van der Waals surface area contributed by atoms with Gasteiger partial charge in [-0.2, -0.15) is 0 Å². The highest BCUT2D eigenvalue weighted by molar-refractivity contribution is 5.70. The smallest absolute Gasteiger partial charge is 0.306 e. The fraction of sp³-hybridized carbons (Fsp3) is 0.500. The Morgan fingerprint density at radius 2 is 1.94 bits per heavy atom. The minimum absolute atomic E-state index is 0.164. The molecule has 0 aliphatic carbocycles. The van der Waals surface area contributed by atoms with Gasteiger partial charge in [0.05, 0.1) is 18.6 Å². The van der Waals surface area contributed by atoms with E-state index in [9.17, 15) is 9.90 Å². The maximum Gasteiger partial charge on any atom is 0.306 e. The molecule has 0 heterocycles. The van der Waals surface area contributed by atoms with E-state index in [4.69, 9.17) is 9.84 Å². The molecule has 0 spiro atoms. The summed E-state index contributed by atoms with van der Waals surface area (Å²) in [5.74, 6) is -1.47. The lowest BCUT2D eigenvalue weighted by molar-refractivity contribution is -0.143.